The van der Waals surface area contributed by atoms with Gasteiger partial charge in [0, 0.05) is 10.6 Å². The van der Waals surface area contributed by atoms with Gasteiger partial charge in [-0.05, 0) is 74.2 Å². The summed E-state index contributed by atoms with van der Waals surface area (Å²) in [6.07, 6.45) is 6.33. The molecule has 9 heteroatoms. The zero-order valence-corrected chi connectivity index (χ0v) is 23.7. The highest BCUT2D eigenvalue weighted by molar-refractivity contribution is 7.90. The van der Waals surface area contributed by atoms with E-state index in [1.54, 1.807) is 30.3 Å². The summed E-state index contributed by atoms with van der Waals surface area (Å²) >= 11 is 6.67. The van der Waals surface area contributed by atoms with Gasteiger partial charge in [0.25, 0.3) is 15.9 Å². The lowest BCUT2D eigenvalue weighted by Gasteiger charge is -2.22. The van der Waals surface area contributed by atoms with Gasteiger partial charge in [0.1, 0.15) is 5.82 Å². The van der Waals surface area contributed by atoms with E-state index in [9.17, 15) is 13.2 Å². The summed E-state index contributed by atoms with van der Waals surface area (Å²) in [5, 5.41) is 0.638. The maximum absolute atomic E-state index is 12.9. The van der Waals surface area contributed by atoms with Crippen LogP contribution < -0.4 is 4.72 Å². The monoisotopic (exact) mass is 565 g/mol. The van der Waals surface area contributed by atoms with Crippen molar-refractivity contribution in [2.75, 3.05) is 0 Å². The molecule has 0 radical (unpaired) electrons. The SMILES string of the molecule is Cc1ccc(S(=O)(=O)NC(=O)c2ccc3nc(C)n(Cc4ccc(COC5CCCCC5)cc4Cl)c3c2)cc1. The van der Waals surface area contributed by atoms with Gasteiger partial charge in [-0.25, -0.2) is 18.1 Å². The molecule has 1 heterocycles. The molecule has 1 N–H and O–H groups in total. The average Bonchev–Trinajstić information content (AvgIpc) is 3.23. The van der Waals surface area contributed by atoms with Crippen molar-refractivity contribution in [1.29, 1.82) is 0 Å². The summed E-state index contributed by atoms with van der Waals surface area (Å²) < 4.78 is 35.7. The van der Waals surface area contributed by atoms with Crippen molar-refractivity contribution < 1.29 is 17.9 Å². The first-order valence-electron chi connectivity index (χ1n) is 13.2. The third-order valence-corrected chi connectivity index (χ3v) is 8.94. The largest absolute Gasteiger partial charge is 0.374 e. The molecule has 1 aliphatic rings. The van der Waals surface area contributed by atoms with Gasteiger partial charge in [-0.2, -0.15) is 0 Å². The molecule has 4 aromatic rings. The quantitative estimate of drug-likeness (QED) is 0.270. The third-order valence-electron chi connectivity index (χ3n) is 7.24. The topological polar surface area (TPSA) is 90.3 Å². The second kappa shape index (κ2) is 11.5. The van der Waals surface area contributed by atoms with Crippen LogP contribution >= 0.6 is 11.6 Å². The standard InChI is InChI=1S/C30H32ClN3O4S/c1-20-8-13-26(14-9-20)39(36,37)33-30(35)23-12-15-28-29(17-23)34(21(2)32-28)18-24-11-10-22(16-27(24)31)19-38-25-6-4-3-5-7-25/h8-17,25H,3-7,18-19H2,1-2H3,(H,33,35). The molecule has 0 spiro atoms. The molecular weight excluding hydrogens is 534 g/mol. The number of imidazole rings is 1. The smallest absolute Gasteiger partial charge is 0.265 e. The average molecular weight is 566 g/mol. The minimum absolute atomic E-state index is 0.0330. The van der Waals surface area contributed by atoms with E-state index in [1.165, 1.54) is 31.4 Å². The van der Waals surface area contributed by atoms with Crippen LogP contribution in [-0.4, -0.2) is 30.0 Å². The normalized spacial score (nSPS) is 14.5. The number of sulfonamides is 1. The van der Waals surface area contributed by atoms with Crippen LogP contribution in [0.2, 0.25) is 5.02 Å². The highest BCUT2D eigenvalue weighted by Crippen LogP contribution is 2.26. The van der Waals surface area contributed by atoms with Crippen LogP contribution in [0.5, 0.6) is 0 Å². The number of nitrogens with one attached hydrogen (secondary N) is 1. The van der Waals surface area contributed by atoms with Gasteiger partial charge in [0.2, 0.25) is 0 Å². The van der Waals surface area contributed by atoms with Crippen LogP contribution in [0.15, 0.2) is 65.6 Å². The second-order valence-electron chi connectivity index (χ2n) is 10.2. The van der Waals surface area contributed by atoms with Crippen molar-refractivity contribution in [3.05, 3.63) is 93.8 Å². The Morgan fingerprint density at radius 1 is 1.03 bits per heavy atom. The van der Waals surface area contributed by atoms with Gasteiger partial charge in [-0.15, -0.1) is 0 Å². The maximum Gasteiger partial charge on any atom is 0.265 e. The van der Waals surface area contributed by atoms with Gasteiger partial charge in [-0.1, -0.05) is 60.7 Å². The molecular formula is C30H32ClN3O4S. The number of nitrogens with zero attached hydrogens (tertiary/aromatic N) is 2. The first-order chi connectivity index (χ1) is 18.7. The molecule has 204 valence electrons. The van der Waals surface area contributed by atoms with Gasteiger partial charge in [-0.3, -0.25) is 4.79 Å². The highest BCUT2D eigenvalue weighted by Gasteiger charge is 2.20. The Bertz CT molecular complexity index is 1610. The minimum Gasteiger partial charge on any atom is -0.374 e. The number of carbonyl (C=O) groups excluding carboxylic acids is 1. The summed E-state index contributed by atoms with van der Waals surface area (Å²) in [7, 11) is -4.00. The van der Waals surface area contributed by atoms with Crippen molar-refractivity contribution in [2.45, 2.75) is 70.1 Å². The molecule has 39 heavy (non-hydrogen) atoms. The number of ether oxygens (including phenoxy) is 1. The predicted octanol–water partition coefficient (Wildman–Crippen LogP) is 6.32. The molecule has 0 saturated heterocycles. The Labute approximate surface area is 234 Å². The number of aromatic nitrogens is 2. The van der Waals surface area contributed by atoms with Gasteiger partial charge >= 0.3 is 0 Å². The summed E-state index contributed by atoms with van der Waals surface area (Å²) in [6, 6.07) is 17.3. The summed E-state index contributed by atoms with van der Waals surface area (Å²) in [5.41, 5.74) is 4.53. The summed E-state index contributed by atoms with van der Waals surface area (Å²) in [4.78, 5) is 17.6. The Hall–Kier alpha value is -3.20. The second-order valence-corrected chi connectivity index (χ2v) is 12.3. The lowest BCUT2D eigenvalue weighted by Crippen LogP contribution is -2.30. The van der Waals surface area contributed by atoms with Crippen molar-refractivity contribution in [3.63, 3.8) is 0 Å². The molecule has 1 aliphatic carbocycles. The van der Waals surface area contributed by atoms with E-state index in [0.29, 0.717) is 35.3 Å². The Morgan fingerprint density at radius 3 is 2.49 bits per heavy atom. The molecule has 1 fully saturated rings. The number of rotatable bonds is 8. The lowest BCUT2D eigenvalue weighted by atomic mass is 9.98. The van der Waals surface area contributed by atoms with Gasteiger partial charge in [0.15, 0.2) is 0 Å². The van der Waals surface area contributed by atoms with Crippen LogP contribution in [0, 0.1) is 13.8 Å². The van der Waals surface area contributed by atoms with E-state index in [-0.39, 0.29) is 10.5 Å². The van der Waals surface area contributed by atoms with Crippen molar-refractivity contribution in [1.82, 2.24) is 14.3 Å². The minimum atomic E-state index is -4.00. The molecule has 7 nitrogen and oxygen atoms in total. The van der Waals surface area contributed by atoms with Crippen LogP contribution in [0.4, 0.5) is 0 Å². The van der Waals surface area contributed by atoms with Crippen molar-refractivity contribution >= 4 is 38.6 Å². The molecule has 1 saturated carbocycles. The fraction of sp³-hybridized carbons (Fsp3) is 0.333. The highest BCUT2D eigenvalue weighted by atomic mass is 35.5. The zero-order chi connectivity index (χ0) is 27.6. The number of aryl methyl sites for hydroxylation is 2. The third kappa shape index (κ3) is 6.35. The maximum atomic E-state index is 12.9. The van der Waals surface area contributed by atoms with Crippen molar-refractivity contribution in [2.24, 2.45) is 0 Å². The van der Waals surface area contributed by atoms with E-state index in [1.807, 2.05) is 36.6 Å². The van der Waals surface area contributed by atoms with Crippen LogP contribution in [0.1, 0.15) is 65.0 Å². The number of hydrogen-bond acceptors (Lipinski definition) is 5. The number of halogens is 1. The Morgan fingerprint density at radius 2 is 1.77 bits per heavy atom. The summed E-state index contributed by atoms with van der Waals surface area (Å²) in [6.45, 7) is 4.75. The van der Waals surface area contributed by atoms with E-state index < -0.39 is 15.9 Å². The van der Waals surface area contributed by atoms with E-state index >= 15 is 0 Å². The Kier molecular flexibility index (Phi) is 8.07. The fourth-order valence-electron chi connectivity index (χ4n) is 4.97. The fourth-order valence-corrected chi connectivity index (χ4v) is 6.20. The van der Waals surface area contributed by atoms with E-state index in [0.717, 1.165) is 35.4 Å². The first-order valence-corrected chi connectivity index (χ1v) is 15.1. The van der Waals surface area contributed by atoms with E-state index in [4.69, 9.17) is 16.3 Å². The number of benzene rings is 3. The molecule has 5 rings (SSSR count). The van der Waals surface area contributed by atoms with Crippen LogP contribution in [-0.2, 0) is 27.9 Å². The van der Waals surface area contributed by atoms with Crippen LogP contribution in [0.3, 0.4) is 0 Å². The summed E-state index contributed by atoms with van der Waals surface area (Å²) in [5.74, 6) is 0.0545. The molecule has 1 aromatic heterocycles. The number of amides is 1. The van der Waals surface area contributed by atoms with E-state index in [2.05, 4.69) is 9.71 Å². The molecule has 3 aromatic carbocycles. The zero-order valence-electron chi connectivity index (χ0n) is 22.1. The molecule has 0 bridgehead atoms. The van der Waals surface area contributed by atoms with Crippen LogP contribution in [0.25, 0.3) is 11.0 Å². The van der Waals surface area contributed by atoms with Crippen molar-refractivity contribution in [3.8, 4) is 0 Å². The predicted molar refractivity (Wildman–Crippen MR) is 153 cm³/mol. The molecule has 0 atom stereocenters. The number of carbonyl (C=O) groups is 1. The number of fused-ring (bicyclic) bond motifs is 1. The lowest BCUT2D eigenvalue weighted by molar-refractivity contribution is 0.0169. The number of hydrogen-bond donors (Lipinski definition) is 1. The molecule has 0 aliphatic heterocycles. The molecule has 1 amide bonds. The Balaban J connectivity index is 1.33. The molecule has 0 unspecified atom stereocenters. The van der Waals surface area contributed by atoms with Gasteiger partial charge in [0.05, 0.1) is 35.2 Å². The van der Waals surface area contributed by atoms with Gasteiger partial charge < -0.3 is 9.30 Å². The first kappa shape index (κ1) is 27.4.